The van der Waals surface area contributed by atoms with E-state index in [-0.39, 0.29) is 17.8 Å². The number of hydrogen-bond donors (Lipinski definition) is 1. The maximum Gasteiger partial charge on any atom is 0.306 e. The van der Waals surface area contributed by atoms with Crippen LogP contribution in [0.4, 0.5) is 11.4 Å². The van der Waals surface area contributed by atoms with E-state index in [1.807, 2.05) is 36.4 Å². The number of nitrogens with zero attached hydrogens (tertiary/aromatic N) is 1. The third kappa shape index (κ3) is 5.32. The van der Waals surface area contributed by atoms with Gasteiger partial charge in [0.05, 0.1) is 11.3 Å². The number of furan rings is 1. The molecule has 154 valence electrons. The van der Waals surface area contributed by atoms with Crippen molar-refractivity contribution in [1.29, 1.82) is 0 Å². The largest absolute Gasteiger partial charge is 0.461 e. The van der Waals surface area contributed by atoms with Crippen molar-refractivity contribution in [3.8, 4) is 11.3 Å². The average Bonchev–Trinajstić information content (AvgIpc) is 3.22. The molecule has 0 atom stereocenters. The highest BCUT2D eigenvalue weighted by molar-refractivity contribution is 5.95. The summed E-state index contributed by atoms with van der Waals surface area (Å²) in [6, 6.07) is 17.7. The van der Waals surface area contributed by atoms with Crippen LogP contribution in [0.2, 0.25) is 0 Å². The van der Waals surface area contributed by atoms with Gasteiger partial charge in [0.25, 0.3) is 11.6 Å². The van der Waals surface area contributed by atoms with E-state index in [4.69, 9.17) is 9.15 Å². The minimum Gasteiger partial charge on any atom is -0.461 e. The number of para-hydroxylation sites is 1. The fourth-order valence-electron chi connectivity index (χ4n) is 2.86. The van der Waals surface area contributed by atoms with Crippen molar-refractivity contribution in [3.63, 3.8) is 0 Å². The Balaban J connectivity index is 1.48. The summed E-state index contributed by atoms with van der Waals surface area (Å²) in [5.74, 6) is 0.121. The molecule has 8 nitrogen and oxygen atoms in total. The van der Waals surface area contributed by atoms with Gasteiger partial charge >= 0.3 is 5.97 Å². The highest BCUT2D eigenvalue weighted by Crippen LogP contribution is 2.27. The van der Waals surface area contributed by atoms with Gasteiger partial charge in [0.1, 0.15) is 17.2 Å². The third-order valence-electron chi connectivity index (χ3n) is 4.37. The summed E-state index contributed by atoms with van der Waals surface area (Å²) < 4.78 is 10.7. The highest BCUT2D eigenvalue weighted by atomic mass is 16.6. The molecule has 30 heavy (non-hydrogen) atoms. The summed E-state index contributed by atoms with van der Waals surface area (Å²) in [6.45, 7) is 1.11. The monoisotopic (exact) mass is 408 g/mol. The van der Waals surface area contributed by atoms with Gasteiger partial charge in [-0.25, -0.2) is 0 Å². The molecular formula is C22H20N2O6. The highest BCUT2D eigenvalue weighted by Gasteiger charge is 2.18. The number of hydrogen-bond acceptors (Lipinski definition) is 6. The second-order valence-corrected chi connectivity index (χ2v) is 6.57. The van der Waals surface area contributed by atoms with Crippen molar-refractivity contribution < 1.29 is 23.7 Å². The molecule has 0 aliphatic rings. The van der Waals surface area contributed by atoms with E-state index in [9.17, 15) is 19.7 Å². The summed E-state index contributed by atoms with van der Waals surface area (Å²) in [5.41, 5.74) is 1.35. The van der Waals surface area contributed by atoms with E-state index in [0.29, 0.717) is 23.5 Å². The lowest BCUT2D eigenvalue weighted by atomic mass is 10.1. The summed E-state index contributed by atoms with van der Waals surface area (Å²) in [7, 11) is 0. The first-order valence-corrected chi connectivity index (χ1v) is 9.27. The smallest absolute Gasteiger partial charge is 0.306 e. The first kappa shape index (κ1) is 20.8. The van der Waals surface area contributed by atoms with Crippen molar-refractivity contribution in [2.45, 2.75) is 19.8 Å². The first-order valence-electron chi connectivity index (χ1n) is 9.27. The van der Waals surface area contributed by atoms with Crippen LogP contribution in [-0.4, -0.2) is 23.4 Å². The van der Waals surface area contributed by atoms with Crippen LogP contribution >= 0.6 is 0 Å². The van der Waals surface area contributed by atoms with Gasteiger partial charge in [-0.1, -0.05) is 42.5 Å². The fourth-order valence-corrected chi connectivity index (χ4v) is 2.86. The van der Waals surface area contributed by atoms with E-state index in [1.165, 1.54) is 12.1 Å². The molecule has 1 heterocycles. The molecule has 0 aliphatic carbocycles. The minimum atomic E-state index is -0.648. The van der Waals surface area contributed by atoms with Crippen LogP contribution in [0.15, 0.2) is 65.1 Å². The molecule has 3 aromatic rings. The Bertz CT molecular complexity index is 1060. The molecule has 0 radical (unpaired) electrons. The normalized spacial score (nSPS) is 10.4. The number of carbonyl (C=O) groups is 2. The lowest BCUT2D eigenvalue weighted by molar-refractivity contribution is -0.384. The van der Waals surface area contributed by atoms with Crippen molar-refractivity contribution in [2.24, 2.45) is 0 Å². The van der Waals surface area contributed by atoms with Gasteiger partial charge in [0, 0.05) is 18.1 Å². The van der Waals surface area contributed by atoms with E-state index in [1.54, 1.807) is 19.1 Å². The molecule has 0 fully saturated rings. The maximum atomic E-state index is 12.0. The molecule has 0 saturated heterocycles. The second kappa shape index (κ2) is 9.51. The van der Waals surface area contributed by atoms with Gasteiger partial charge in [0.15, 0.2) is 6.61 Å². The number of nitrogens with one attached hydrogen (secondary N) is 1. The van der Waals surface area contributed by atoms with Crippen LogP contribution < -0.4 is 5.32 Å². The molecule has 1 N–H and O–H groups in total. The third-order valence-corrected chi connectivity index (χ3v) is 4.37. The Morgan fingerprint density at radius 1 is 1.07 bits per heavy atom. The van der Waals surface area contributed by atoms with Crippen LogP contribution in [-0.2, 0) is 20.7 Å². The minimum absolute atomic E-state index is 0.0412. The molecule has 8 heteroatoms. The van der Waals surface area contributed by atoms with Gasteiger partial charge in [-0.15, -0.1) is 0 Å². The zero-order chi connectivity index (χ0) is 21.5. The number of carbonyl (C=O) groups excluding carboxylic acids is 2. The molecule has 0 unspecified atom stereocenters. The SMILES string of the molecule is Cc1cccc([N+](=O)[O-])c1NC(=O)COC(=O)CCc1ccc(-c2ccccc2)o1. The topological polar surface area (TPSA) is 112 Å². The molecule has 3 rings (SSSR count). The van der Waals surface area contributed by atoms with Crippen molar-refractivity contribution in [1.82, 2.24) is 0 Å². The first-order chi connectivity index (χ1) is 14.4. The van der Waals surface area contributed by atoms with Crippen molar-refractivity contribution in [3.05, 3.63) is 82.1 Å². The molecule has 1 aromatic heterocycles. The van der Waals surface area contributed by atoms with Crippen LogP contribution in [0, 0.1) is 17.0 Å². The molecule has 0 aliphatic heterocycles. The summed E-state index contributed by atoms with van der Waals surface area (Å²) in [5, 5.41) is 13.5. The Morgan fingerprint density at radius 3 is 2.57 bits per heavy atom. The Morgan fingerprint density at radius 2 is 1.83 bits per heavy atom. The summed E-state index contributed by atoms with van der Waals surface area (Å²) in [6.07, 6.45) is 0.371. The van der Waals surface area contributed by atoms with Gasteiger partial charge in [-0.3, -0.25) is 19.7 Å². The molecular weight excluding hydrogens is 388 g/mol. The predicted octanol–water partition coefficient (Wildman–Crippen LogP) is 4.28. The maximum absolute atomic E-state index is 12.0. The van der Waals surface area contributed by atoms with Crippen LogP contribution in [0.5, 0.6) is 0 Å². The van der Waals surface area contributed by atoms with Crippen LogP contribution in [0.25, 0.3) is 11.3 Å². The number of esters is 1. The summed E-state index contributed by atoms with van der Waals surface area (Å²) in [4.78, 5) is 34.5. The zero-order valence-electron chi connectivity index (χ0n) is 16.3. The van der Waals surface area contributed by atoms with Crippen LogP contribution in [0.1, 0.15) is 17.7 Å². The lowest BCUT2D eigenvalue weighted by Gasteiger charge is -2.09. The number of ether oxygens (including phenoxy) is 1. The van der Waals surface area contributed by atoms with Crippen molar-refractivity contribution >= 4 is 23.3 Å². The molecule has 0 spiro atoms. The number of nitro groups is 1. The van der Waals surface area contributed by atoms with Crippen molar-refractivity contribution in [2.75, 3.05) is 11.9 Å². The fraction of sp³-hybridized carbons (Fsp3) is 0.182. The number of rotatable bonds is 8. The van der Waals surface area contributed by atoms with E-state index in [2.05, 4.69) is 5.32 Å². The number of nitro benzene ring substituents is 1. The lowest BCUT2D eigenvalue weighted by Crippen LogP contribution is -2.22. The van der Waals surface area contributed by atoms with Gasteiger partial charge < -0.3 is 14.5 Å². The van der Waals surface area contributed by atoms with Crippen LogP contribution in [0.3, 0.4) is 0 Å². The van der Waals surface area contributed by atoms with E-state index in [0.717, 1.165) is 5.56 Å². The van der Waals surface area contributed by atoms with E-state index < -0.39 is 23.4 Å². The van der Waals surface area contributed by atoms with Gasteiger partial charge in [-0.05, 0) is 24.6 Å². The Kier molecular flexibility index (Phi) is 6.59. The molecule has 1 amide bonds. The summed E-state index contributed by atoms with van der Waals surface area (Å²) >= 11 is 0. The standard InChI is InChI=1S/C22H20N2O6/c1-15-6-5-9-18(24(27)28)22(15)23-20(25)14-29-21(26)13-11-17-10-12-19(30-17)16-7-3-2-4-8-16/h2-10,12H,11,13-14H2,1H3,(H,23,25). The van der Waals surface area contributed by atoms with E-state index >= 15 is 0 Å². The second-order valence-electron chi connectivity index (χ2n) is 6.57. The molecule has 0 saturated carbocycles. The average molecular weight is 408 g/mol. The Hall–Kier alpha value is -3.94. The molecule has 2 aromatic carbocycles. The number of benzene rings is 2. The number of anilines is 1. The number of amides is 1. The zero-order valence-corrected chi connectivity index (χ0v) is 16.3. The quantitative estimate of drug-likeness (QED) is 0.338. The predicted molar refractivity (Wildman–Crippen MR) is 110 cm³/mol. The van der Waals surface area contributed by atoms with Gasteiger partial charge in [-0.2, -0.15) is 0 Å². The Labute approximate surface area is 172 Å². The number of aryl methyl sites for hydroxylation is 2. The van der Waals surface area contributed by atoms with Gasteiger partial charge in [0.2, 0.25) is 0 Å². The molecule has 0 bridgehead atoms.